The van der Waals surface area contributed by atoms with Gasteiger partial charge < -0.3 is 4.90 Å². The van der Waals surface area contributed by atoms with Gasteiger partial charge in [0.1, 0.15) is 17.3 Å². The molecule has 0 aliphatic rings. The fourth-order valence-electron chi connectivity index (χ4n) is 2.38. The Morgan fingerprint density at radius 3 is 2.35 bits per heavy atom. The van der Waals surface area contributed by atoms with Crippen LogP contribution in [0, 0.1) is 18.8 Å². The molecule has 2 aromatic heterocycles. The van der Waals surface area contributed by atoms with Gasteiger partial charge in [-0.25, -0.2) is 0 Å². The lowest BCUT2D eigenvalue weighted by atomic mass is 10.1. The highest BCUT2D eigenvalue weighted by Crippen LogP contribution is 2.27. The predicted octanol–water partition coefficient (Wildman–Crippen LogP) is 3.20. The second-order valence-corrected chi connectivity index (χ2v) is 6.37. The molecule has 0 saturated carbocycles. The van der Waals surface area contributed by atoms with Crippen molar-refractivity contribution in [2.45, 2.75) is 34.6 Å². The quantitative estimate of drug-likeness (QED) is 0.795. The van der Waals surface area contributed by atoms with Crippen molar-refractivity contribution in [2.24, 2.45) is 11.8 Å². The maximum Gasteiger partial charge on any atom is 0.255 e. The number of hydrogen-bond acceptors (Lipinski definition) is 4. The van der Waals surface area contributed by atoms with Crippen LogP contribution >= 0.6 is 11.6 Å². The van der Waals surface area contributed by atoms with E-state index in [1.807, 2.05) is 6.92 Å². The SMILES string of the molecule is Cc1c(Cl)nc2ncnn2c1N(CC(C)C)CC(C)C. The van der Waals surface area contributed by atoms with Crippen LogP contribution in [-0.4, -0.2) is 32.7 Å². The van der Waals surface area contributed by atoms with E-state index in [0.29, 0.717) is 22.8 Å². The third-order valence-corrected chi connectivity index (χ3v) is 3.41. The molecule has 0 amide bonds. The molecule has 5 nitrogen and oxygen atoms in total. The van der Waals surface area contributed by atoms with Gasteiger partial charge >= 0.3 is 0 Å². The molecule has 0 radical (unpaired) electrons. The monoisotopic (exact) mass is 295 g/mol. The summed E-state index contributed by atoms with van der Waals surface area (Å²) in [7, 11) is 0. The van der Waals surface area contributed by atoms with E-state index in [0.717, 1.165) is 24.5 Å². The minimum Gasteiger partial charge on any atom is -0.356 e. The number of nitrogens with zero attached hydrogens (tertiary/aromatic N) is 5. The molecule has 0 bridgehead atoms. The van der Waals surface area contributed by atoms with Gasteiger partial charge in [0, 0.05) is 18.7 Å². The Kier molecular flexibility index (Phi) is 4.48. The Labute approximate surface area is 125 Å². The second kappa shape index (κ2) is 5.95. The molecule has 0 unspecified atom stereocenters. The predicted molar refractivity (Wildman–Crippen MR) is 82.4 cm³/mol. The number of fused-ring (bicyclic) bond motifs is 1. The van der Waals surface area contributed by atoms with Gasteiger partial charge in [0.25, 0.3) is 5.78 Å². The molecule has 0 fully saturated rings. The molecular weight excluding hydrogens is 274 g/mol. The van der Waals surface area contributed by atoms with Crippen LogP contribution in [0.3, 0.4) is 0 Å². The van der Waals surface area contributed by atoms with Crippen molar-refractivity contribution in [1.29, 1.82) is 0 Å². The molecular formula is C14H22ClN5. The summed E-state index contributed by atoms with van der Waals surface area (Å²) in [4.78, 5) is 10.7. The van der Waals surface area contributed by atoms with Gasteiger partial charge in [-0.15, -0.1) is 0 Å². The van der Waals surface area contributed by atoms with Gasteiger partial charge in [0.05, 0.1) is 0 Å². The molecule has 0 spiro atoms. The Morgan fingerprint density at radius 2 is 1.80 bits per heavy atom. The van der Waals surface area contributed by atoms with E-state index >= 15 is 0 Å². The van der Waals surface area contributed by atoms with E-state index in [2.05, 4.69) is 47.7 Å². The molecule has 2 rings (SSSR count). The zero-order chi connectivity index (χ0) is 14.9. The highest BCUT2D eigenvalue weighted by molar-refractivity contribution is 6.30. The lowest BCUT2D eigenvalue weighted by Crippen LogP contribution is -2.33. The van der Waals surface area contributed by atoms with Crippen LogP contribution in [0.2, 0.25) is 5.15 Å². The molecule has 0 atom stereocenters. The van der Waals surface area contributed by atoms with E-state index in [1.54, 1.807) is 4.52 Å². The van der Waals surface area contributed by atoms with Crippen molar-refractivity contribution in [2.75, 3.05) is 18.0 Å². The first-order valence-corrected chi connectivity index (χ1v) is 7.38. The molecule has 110 valence electrons. The summed E-state index contributed by atoms with van der Waals surface area (Å²) >= 11 is 6.25. The van der Waals surface area contributed by atoms with Crippen molar-refractivity contribution >= 4 is 23.2 Å². The molecule has 0 N–H and O–H groups in total. The summed E-state index contributed by atoms with van der Waals surface area (Å²) in [5.74, 6) is 2.66. The van der Waals surface area contributed by atoms with Crippen molar-refractivity contribution in [3.63, 3.8) is 0 Å². The first kappa shape index (κ1) is 15.0. The largest absolute Gasteiger partial charge is 0.356 e. The molecule has 2 aromatic rings. The van der Waals surface area contributed by atoms with E-state index in [1.165, 1.54) is 6.33 Å². The van der Waals surface area contributed by atoms with Crippen LogP contribution < -0.4 is 4.90 Å². The summed E-state index contributed by atoms with van der Waals surface area (Å²) in [5, 5.41) is 4.80. The van der Waals surface area contributed by atoms with Gasteiger partial charge in [0.2, 0.25) is 0 Å². The average molecular weight is 296 g/mol. The lowest BCUT2D eigenvalue weighted by molar-refractivity contribution is 0.543. The van der Waals surface area contributed by atoms with Crippen molar-refractivity contribution < 1.29 is 0 Å². The molecule has 0 saturated heterocycles. The number of hydrogen-bond donors (Lipinski definition) is 0. The Hall–Kier alpha value is -1.36. The summed E-state index contributed by atoms with van der Waals surface area (Å²) in [6, 6.07) is 0. The third-order valence-electron chi connectivity index (χ3n) is 3.04. The zero-order valence-electron chi connectivity index (χ0n) is 12.8. The summed E-state index contributed by atoms with van der Waals surface area (Å²) < 4.78 is 1.78. The molecule has 0 aliphatic carbocycles. The van der Waals surface area contributed by atoms with Crippen LogP contribution in [0.25, 0.3) is 5.78 Å². The molecule has 20 heavy (non-hydrogen) atoms. The first-order valence-electron chi connectivity index (χ1n) is 7.01. The Morgan fingerprint density at radius 1 is 1.20 bits per heavy atom. The fraction of sp³-hybridized carbons (Fsp3) is 0.643. The minimum atomic E-state index is 0.498. The minimum absolute atomic E-state index is 0.498. The molecule has 6 heteroatoms. The summed E-state index contributed by atoms with van der Waals surface area (Å²) in [6.45, 7) is 12.7. The van der Waals surface area contributed by atoms with Gasteiger partial charge in [-0.3, -0.25) is 0 Å². The van der Waals surface area contributed by atoms with Gasteiger partial charge in [-0.2, -0.15) is 19.6 Å². The van der Waals surface area contributed by atoms with E-state index in [9.17, 15) is 0 Å². The van der Waals surface area contributed by atoms with Crippen molar-refractivity contribution in [1.82, 2.24) is 19.6 Å². The van der Waals surface area contributed by atoms with Gasteiger partial charge in [-0.05, 0) is 18.8 Å². The van der Waals surface area contributed by atoms with E-state index in [4.69, 9.17) is 11.6 Å². The van der Waals surface area contributed by atoms with E-state index < -0.39 is 0 Å². The van der Waals surface area contributed by atoms with Crippen LogP contribution in [0.1, 0.15) is 33.3 Å². The highest BCUT2D eigenvalue weighted by atomic mass is 35.5. The smallest absolute Gasteiger partial charge is 0.255 e. The van der Waals surface area contributed by atoms with Crippen molar-refractivity contribution in [3.8, 4) is 0 Å². The van der Waals surface area contributed by atoms with E-state index in [-0.39, 0.29) is 0 Å². The van der Waals surface area contributed by atoms with Crippen LogP contribution in [-0.2, 0) is 0 Å². The topological polar surface area (TPSA) is 46.3 Å². The van der Waals surface area contributed by atoms with Crippen LogP contribution in [0.5, 0.6) is 0 Å². The van der Waals surface area contributed by atoms with Gasteiger partial charge in [-0.1, -0.05) is 39.3 Å². The number of halogens is 1. The number of rotatable bonds is 5. The first-order chi connectivity index (χ1) is 9.40. The van der Waals surface area contributed by atoms with Crippen LogP contribution in [0.15, 0.2) is 6.33 Å². The maximum atomic E-state index is 6.25. The second-order valence-electron chi connectivity index (χ2n) is 6.02. The number of anilines is 1. The summed E-state index contributed by atoms with van der Waals surface area (Å²) in [5.41, 5.74) is 0.950. The lowest BCUT2D eigenvalue weighted by Gasteiger charge is -2.29. The highest BCUT2D eigenvalue weighted by Gasteiger charge is 2.20. The molecule has 0 aromatic carbocycles. The Bertz CT molecular complexity index is 581. The fourth-order valence-corrected chi connectivity index (χ4v) is 2.54. The van der Waals surface area contributed by atoms with Crippen LogP contribution in [0.4, 0.5) is 5.82 Å². The normalized spacial score (nSPS) is 11.8. The number of aromatic nitrogens is 4. The Balaban J connectivity index is 2.55. The zero-order valence-corrected chi connectivity index (χ0v) is 13.5. The molecule has 2 heterocycles. The maximum absolute atomic E-state index is 6.25. The van der Waals surface area contributed by atoms with Gasteiger partial charge in [0.15, 0.2) is 0 Å². The summed E-state index contributed by atoms with van der Waals surface area (Å²) in [6.07, 6.45) is 1.52. The third kappa shape index (κ3) is 3.03. The standard InChI is InChI=1S/C14H22ClN5/c1-9(2)6-19(7-10(3)4)13-11(5)12(15)18-14-16-8-17-20(13)14/h8-10H,6-7H2,1-5H3. The molecule has 0 aliphatic heterocycles. The average Bonchev–Trinajstić information content (AvgIpc) is 2.75. The van der Waals surface area contributed by atoms with Crippen molar-refractivity contribution in [3.05, 3.63) is 17.0 Å².